The van der Waals surface area contributed by atoms with Gasteiger partial charge in [0.2, 0.25) is 0 Å². The smallest absolute Gasteiger partial charge is 0.161 e. The Bertz CT molecular complexity index is 413. The molecule has 1 saturated carbocycles. The lowest BCUT2D eigenvalue weighted by atomic mass is 9.70. The number of hydrogen-bond acceptors (Lipinski definition) is 1. The molecule has 0 atom stereocenters. The van der Waals surface area contributed by atoms with E-state index in [4.69, 9.17) is 0 Å². The van der Waals surface area contributed by atoms with Crippen molar-refractivity contribution in [3.63, 3.8) is 0 Å². The Balaban J connectivity index is 1.92. The summed E-state index contributed by atoms with van der Waals surface area (Å²) in [4.78, 5) is 0. The van der Waals surface area contributed by atoms with Crippen LogP contribution in [0.4, 0.5) is 13.2 Å². The summed E-state index contributed by atoms with van der Waals surface area (Å²) in [6.07, 6.45) is 3.57. The van der Waals surface area contributed by atoms with Crippen molar-refractivity contribution in [2.24, 2.45) is 5.41 Å². The normalized spacial score (nSPS) is 17.9. The Hall–Kier alpha value is -1.03. The van der Waals surface area contributed by atoms with E-state index >= 15 is 0 Å². The first-order valence-corrected chi connectivity index (χ1v) is 5.84. The van der Waals surface area contributed by atoms with E-state index in [2.05, 4.69) is 12.2 Å². The molecule has 0 amide bonds. The molecule has 1 aromatic carbocycles. The lowest BCUT2D eigenvalue weighted by Gasteiger charge is -2.38. The van der Waals surface area contributed by atoms with Crippen LogP contribution in [0, 0.1) is 22.9 Å². The minimum absolute atomic E-state index is 0.173. The zero-order chi connectivity index (χ0) is 12.5. The van der Waals surface area contributed by atoms with E-state index in [1.165, 1.54) is 19.3 Å². The second-order valence-corrected chi connectivity index (χ2v) is 5.13. The Morgan fingerprint density at radius 2 is 1.76 bits per heavy atom. The fourth-order valence-electron chi connectivity index (χ4n) is 2.16. The molecule has 0 saturated heterocycles. The van der Waals surface area contributed by atoms with Gasteiger partial charge in [-0.15, -0.1) is 0 Å². The zero-order valence-electron chi connectivity index (χ0n) is 9.82. The van der Waals surface area contributed by atoms with E-state index in [0.29, 0.717) is 6.07 Å². The summed E-state index contributed by atoms with van der Waals surface area (Å²) < 4.78 is 38.9. The molecule has 0 unspecified atom stereocenters. The van der Waals surface area contributed by atoms with Crippen molar-refractivity contribution < 1.29 is 13.2 Å². The second-order valence-electron chi connectivity index (χ2n) is 5.13. The van der Waals surface area contributed by atoms with Gasteiger partial charge in [0.1, 0.15) is 5.82 Å². The molecule has 4 heteroatoms. The average Bonchev–Trinajstić information content (AvgIpc) is 2.23. The van der Waals surface area contributed by atoms with E-state index in [0.717, 1.165) is 12.6 Å². The molecule has 0 radical (unpaired) electrons. The van der Waals surface area contributed by atoms with Gasteiger partial charge >= 0.3 is 0 Å². The molecule has 1 N–H and O–H groups in total. The maximum atomic E-state index is 13.3. The molecule has 17 heavy (non-hydrogen) atoms. The second kappa shape index (κ2) is 4.69. The molecular weight excluding hydrogens is 227 g/mol. The van der Waals surface area contributed by atoms with Crippen LogP contribution in [0.15, 0.2) is 12.1 Å². The van der Waals surface area contributed by atoms with Crippen LogP contribution >= 0.6 is 0 Å². The lowest BCUT2D eigenvalue weighted by molar-refractivity contribution is 0.156. The largest absolute Gasteiger partial charge is 0.312 e. The minimum atomic E-state index is -1.14. The van der Waals surface area contributed by atoms with E-state index in [1.54, 1.807) is 0 Å². The highest BCUT2D eigenvalue weighted by atomic mass is 19.2. The standard InChI is InChI=1S/C13H16F3N/c1-13(3-2-4-13)8-17-7-9-5-11(15)12(16)6-10(9)14/h5-6,17H,2-4,7-8H2,1H3. The summed E-state index contributed by atoms with van der Waals surface area (Å²) in [6.45, 7) is 3.19. The lowest BCUT2D eigenvalue weighted by Crippen LogP contribution is -2.37. The van der Waals surface area contributed by atoms with Crippen LogP contribution in [-0.2, 0) is 6.54 Å². The van der Waals surface area contributed by atoms with Crippen molar-refractivity contribution in [1.29, 1.82) is 0 Å². The van der Waals surface area contributed by atoms with Crippen LogP contribution in [0.25, 0.3) is 0 Å². The molecular formula is C13H16F3N. The summed E-state index contributed by atoms with van der Waals surface area (Å²) in [5.41, 5.74) is 0.460. The fraction of sp³-hybridized carbons (Fsp3) is 0.538. The molecule has 0 aliphatic heterocycles. The van der Waals surface area contributed by atoms with Gasteiger partial charge in [0.25, 0.3) is 0 Å². The van der Waals surface area contributed by atoms with Crippen molar-refractivity contribution >= 4 is 0 Å². The Kier molecular flexibility index (Phi) is 3.43. The predicted octanol–water partition coefficient (Wildman–Crippen LogP) is 3.38. The van der Waals surface area contributed by atoms with Crippen molar-refractivity contribution in [2.45, 2.75) is 32.7 Å². The number of benzene rings is 1. The van der Waals surface area contributed by atoms with E-state index in [1.807, 2.05) is 0 Å². The van der Waals surface area contributed by atoms with Crippen LogP contribution in [0.5, 0.6) is 0 Å². The minimum Gasteiger partial charge on any atom is -0.312 e. The first-order chi connectivity index (χ1) is 8.00. The monoisotopic (exact) mass is 243 g/mol. The first kappa shape index (κ1) is 12.4. The molecule has 0 spiro atoms. The number of hydrogen-bond donors (Lipinski definition) is 1. The summed E-state index contributed by atoms with van der Waals surface area (Å²) in [7, 11) is 0. The molecule has 0 bridgehead atoms. The van der Waals surface area contributed by atoms with Crippen LogP contribution in [0.1, 0.15) is 31.7 Å². The highest BCUT2D eigenvalue weighted by molar-refractivity contribution is 5.19. The van der Waals surface area contributed by atoms with Gasteiger partial charge in [-0.1, -0.05) is 13.3 Å². The Morgan fingerprint density at radius 1 is 1.12 bits per heavy atom. The molecule has 1 fully saturated rings. The van der Waals surface area contributed by atoms with E-state index in [-0.39, 0.29) is 17.5 Å². The molecule has 1 nitrogen and oxygen atoms in total. The quantitative estimate of drug-likeness (QED) is 0.799. The highest BCUT2D eigenvalue weighted by Gasteiger charge is 2.30. The third-order valence-electron chi connectivity index (χ3n) is 3.52. The zero-order valence-corrected chi connectivity index (χ0v) is 9.82. The molecule has 1 aliphatic rings. The van der Waals surface area contributed by atoms with Gasteiger partial charge in [0, 0.05) is 24.7 Å². The van der Waals surface area contributed by atoms with Crippen molar-refractivity contribution in [1.82, 2.24) is 5.32 Å². The van der Waals surface area contributed by atoms with Gasteiger partial charge in [-0.2, -0.15) is 0 Å². The average molecular weight is 243 g/mol. The number of nitrogens with one attached hydrogen (secondary N) is 1. The van der Waals surface area contributed by atoms with E-state index < -0.39 is 17.5 Å². The van der Waals surface area contributed by atoms with Gasteiger partial charge < -0.3 is 5.32 Å². The SMILES string of the molecule is CC1(CNCc2cc(F)c(F)cc2F)CCC1. The molecule has 0 aromatic heterocycles. The first-order valence-electron chi connectivity index (χ1n) is 5.84. The Labute approximate surface area is 99.0 Å². The predicted molar refractivity (Wildman–Crippen MR) is 60.0 cm³/mol. The number of halogens is 3. The van der Waals surface area contributed by atoms with Crippen LogP contribution < -0.4 is 5.32 Å². The molecule has 0 heterocycles. The van der Waals surface area contributed by atoms with Gasteiger partial charge in [0.15, 0.2) is 11.6 Å². The molecule has 1 aliphatic carbocycles. The van der Waals surface area contributed by atoms with Crippen molar-refractivity contribution in [2.75, 3.05) is 6.54 Å². The van der Waals surface area contributed by atoms with Gasteiger partial charge in [-0.25, -0.2) is 13.2 Å². The topological polar surface area (TPSA) is 12.0 Å². The maximum absolute atomic E-state index is 13.3. The van der Waals surface area contributed by atoms with Gasteiger partial charge in [0.05, 0.1) is 0 Å². The summed E-state index contributed by atoms with van der Waals surface area (Å²) in [5.74, 6) is -2.84. The Morgan fingerprint density at radius 3 is 2.35 bits per heavy atom. The van der Waals surface area contributed by atoms with E-state index in [9.17, 15) is 13.2 Å². The molecule has 1 aromatic rings. The van der Waals surface area contributed by atoms with Gasteiger partial charge in [-0.05, 0) is 24.3 Å². The van der Waals surface area contributed by atoms with Crippen molar-refractivity contribution in [3.8, 4) is 0 Å². The summed E-state index contributed by atoms with van der Waals surface area (Å²) >= 11 is 0. The number of rotatable bonds is 4. The third kappa shape index (κ3) is 2.80. The van der Waals surface area contributed by atoms with Crippen LogP contribution in [-0.4, -0.2) is 6.54 Å². The molecule has 2 rings (SSSR count). The fourth-order valence-corrected chi connectivity index (χ4v) is 2.16. The van der Waals surface area contributed by atoms with Gasteiger partial charge in [-0.3, -0.25) is 0 Å². The van der Waals surface area contributed by atoms with Crippen molar-refractivity contribution in [3.05, 3.63) is 35.1 Å². The van der Waals surface area contributed by atoms with Crippen LogP contribution in [0.3, 0.4) is 0 Å². The maximum Gasteiger partial charge on any atom is 0.161 e. The van der Waals surface area contributed by atoms with Crippen LogP contribution in [0.2, 0.25) is 0 Å². The summed E-state index contributed by atoms with van der Waals surface area (Å²) in [6, 6.07) is 1.51. The third-order valence-corrected chi connectivity index (χ3v) is 3.52. The molecule has 94 valence electrons. The highest BCUT2D eigenvalue weighted by Crippen LogP contribution is 2.39. The summed E-state index contributed by atoms with van der Waals surface area (Å²) in [5, 5.41) is 3.10.